The van der Waals surface area contributed by atoms with Crippen LogP contribution in [0.15, 0.2) is 72.8 Å². The highest BCUT2D eigenvalue weighted by atomic mass is 32.2. The number of carbonyl (C=O) groups is 2. The lowest BCUT2D eigenvalue weighted by atomic mass is 10.0. The molecule has 6 nitrogen and oxygen atoms in total. The molecule has 0 amide bonds. The summed E-state index contributed by atoms with van der Waals surface area (Å²) in [6.45, 7) is 0.103. The van der Waals surface area contributed by atoms with Crippen molar-refractivity contribution in [3.8, 4) is 0 Å². The first-order valence-corrected chi connectivity index (χ1v) is 12.8. The fraction of sp³-hybridized carbons (Fsp3) is 0.185. The van der Waals surface area contributed by atoms with Crippen LogP contribution < -0.4 is 0 Å². The van der Waals surface area contributed by atoms with Gasteiger partial charge in [-0.1, -0.05) is 48.5 Å². The summed E-state index contributed by atoms with van der Waals surface area (Å²) in [5, 5.41) is 3.31. The molecule has 0 saturated heterocycles. The lowest BCUT2D eigenvalue weighted by Crippen LogP contribution is -2.18. The van der Waals surface area contributed by atoms with E-state index in [1.807, 2.05) is 48.5 Å². The standard InChI is InChI=1S/C27H22O6S/c28-26-24-14-20-8-3-1-6-18(20)12-22(24)16-34(30,31)17-23-13-19-7-2-4-9-21(19)15-25(23)27(29)33-11-5-10-32-26/h1-4,6-9,12-15H,5,10-11,16-17H2. The van der Waals surface area contributed by atoms with Gasteiger partial charge in [0.15, 0.2) is 9.84 Å². The normalized spacial score (nSPS) is 16.7. The van der Waals surface area contributed by atoms with E-state index in [2.05, 4.69) is 0 Å². The third-order valence-corrected chi connectivity index (χ3v) is 7.39. The lowest BCUT2D eigenvalue weighted by molar-refractivity contribution is 0.0395. The molecule has 0 fully saturated rings. The number of ether oxygens (including phenoxy) is 2. The first-order chi connectivity index (χ1) is 16.4. The molecule has 1 aliphatic rings. The van der Waals surface area contributed by atoms with Crippen LogP contribution in [0.2, 0.25) is 0 Å². The van der Waals surface area contributed by atoms with Gasteiger partial charge < -0.3 is 9.47 Å². The Hall–Kier alpha value is -3.71. The molecule has 5 rings (SSSR count). The number of sulfone groups is 1. The maximum Gasteiger partial charge on any atom is 0.338 e. The molecule has 34 heavy (non-hydrogen) atoms. The Morgan fingerprint density at radius 2 is 0.971 bits per heavy atom. The molecule has 0 bridgehead atoms. The fourth-order valence-corrected chi connectivity index (χ4v) is 5.79. The second-order valence-corrected chi connectivity index (χ2v) is 10.4. The lowest BCUT2D eigenvalue weighted by Gasteiger charge is -2.15. The minimum Gasteiger partial charge on any atom is -0.462 e. The van der Waals surface area contributed by atoms with Crippen LogP contribution in [0, 0.1) is 0 Å². The van der Waals surface area contributed by atoms with Crippen molar-refractivity contribution in [2.45, 2.75) is 17.9 Å². The molecule has 0 saturated carbocycles. The summed E-state index contributed by atoms with van der Waals surface area (Å²) in [6, 6.07) is 21.7. The van der Waals surface area contributed by atoms with E-state index in [0.29, 0.717) is 17.5 Å². The van der Waals surface area contributed by atoms with Crippen LogP contribution in [0.4, 0.5) is 0 Å². The Balaban J connectivity index is 1.63. The minimum absolute atomic E-state index is 0.0513. The monoisotopic (exact) mass is 474 g/mol. The summed E-state index contributed by atoms with van der Waals surface area (Å²) >= 11 is 0. The van der Waals surface area contributed by atoms with Gasteiger partial charge in [0.05, 0.1) is 35.8 Å². The van der Waals surface area contributed by atoms with Crippen molar-refractivity contribution in [2.75, 3.05) is 13.2 Å². The number of rotatable bonds is 0. The highest BCUT2D eigenvalue weighted by Gasteiger charge is 2.24. The molecule has 0 aromatic heterocycles. The Morgan fingerprint density at radius 1 is 0.588 bits per heavy atom. The second kappa shape index (κ2) is 8.91. The molecule has 0 aliphatic carbocycles. The van der Waals surface area contributed by atoms with E-state index in [0.717, 1.165) is 21.5 Å². The van der Waals surface area contributed by atoms with Gasteiger partial charge in [-0.2, -0.15) is 0 Å². The van der Waals surface area contributed by atoms with Gasteiger partial charge in [0, 0.05) is 6.42 Å². The number of hydrogen-bond donors (Lipinski definition) is 0. The van der Waals surface area contributed by atoms with Crippen molar-refractivity contribution in [1.29, 1.82) is 0 Å². The number of cyclic esters (lactones) is 2. The molecule has 0 spiro atoms. The zero-order chi connectivity index (χ0) is 23.7. The van der Waals surface area contributed by atoms with E-state index >= 15 is 0 Å². The average Bonchev–Trinajstić information content (AvgIpc) is 2.81. The van der Waals surface area contributed by atoms with Gasteiger partial charge in [-0.05, 0) is 56.9 Å². The van der Waals surface area contributed by atoms with Crippen molar-refractivity contribution in [3.05, 3.63) is 95.1 Å². The molecule has 0 N–H and O–H groups in total. The first-order valence-electron chi connectivity index (χ1n) is 11.0. The van der Waals surface area contributed by atoms with E-state index in [9.17, 15) is 18.0 Å². The van der Waals surface area contributed by atoms with Crippen LogP contribution in [0.3, 0.4) is 0 Å². The van der Waals surface area contributed by atoms with Gasteiger partial charge in [0.25, 0.3) is 0 Å². The van der Waals surface area contributed by atoms with E-state index in [-0.39, 0.29) is 35.8 Å². The molecular weight excluding hydrogens is 452 g/mol. The zero-order valence-corrected chi connectivity index (χ0v) is 19.1. The summed E-state index contributed by atoms with van der Waals surface area (Å²) in [6.07, 6.45) is 0.335. The molecule has 7 heteroatoms. The van der Waals surface area contributed by atoms with Crippen molar-refractivity contribution >= 4 is 43.3 Å². The molecule has 172 valence electrons. The second-order valence-electron chi connectivity index (χ2n) is 8.37. The fourth-order valence-electron chi connectivity index (χ4n) is 4.26. The average molecular weight is 475 g/mol. The SMILES string of the molecule is O=C1OCCCOC(=O)c2cc3ccccc3cc2CS(=O)(=O)Cc2cc3ccccc3cc21. The Morgan fingerprint density at radius 3 is 1.38 bits per heavy atom. The van der Waals surface area contributed by atoms with E-state index in [4.69, 9.17) is 9.47 Å². The molecule has 0 radical (unpaired) electrons. The predicted molar refractivity (Wildman–Crippen MR) is 129 cm³/mol. The Bertz CT molecular complexity index is 1430. The maximum atomic E-state index is 13.3. The van der Waals surface area contributed by atoms with Crippen LogP contribution in [-0.4, -0.2) is 33.6 Å². The highest BCUT2D eigenvalue weighted by molar-refractivity contribution is 7.89. The summed E-state index contributed by atoms with van der Waals surface area (Å²) in [5.41, 5.74) is 1.22. The smallest absolute Gasteiger partial charge is 0.338 e. The van der Waals surface area contributed by atoms with Gasteiger partial charge >= 0.3 is 11.9 Å². The van der Waals surface area contributed by atoms with E-state index < -0.39 is 21.8 Å². The maximum absolute atomic E-state index is 13.3. The number of benzene rings is 4. The summed E-state index contributed by atoms with van der Waals surface area (Å²) in [5.74, 6) is -1.90. The summed E-state index contributed by atoms with van der Waals surface area (Å²) < 4.78 is 37.4. The third kappa shape index (κ3) is 4.52. The summed E-state index contributed by atoms with van der Waals surface area (Å²) in [7, 11) is -3.76. The third-order valence-electron chi connectivity index (χ3n) is 5.89. The van der Waals surface area contributed by atoms with Crippen LogP contribution in [0.5, 0.6) is 0 Å². The summed E-state index contributed by atoms with van der Waals surface area (Å²) in [4.78, 5) is 25.6. The van der Waals surface area contributed by atoms with Crippen LogP contribution in [0.25, 0.3) is 21.5 Å². The van der Waals surface area contributed by atoms with Crippen molar-refractivity contribution in [1.82, 2.24) is 0 Å². The Labute approximate surface area is 197 Å². The minimum atomic E-state index is -3.76. The van der Waals surface area contributed by atoms with Crippen LogP contribution in [0.1, 0.15) is 38.3 Å². The van der Waals surface area contributed by atoms with Gasteiger partial charge in [-0.25, -0.2) is 18.0 Å². The van der Waals surface area contributed by atoms with Crippen LogP contribution >= 0.6 is 0 Å². The molecule has 4 aromatic rings. The molecule has 0 atom stereocenters. The van der Waals surface area contributed by atoms with E-state index in [1.54, 1.807) is 24.3 Å². The van der Waals surface area contributed by atoms with Crippen LogP contribution in [-0.2, 0) is 30.8 Å². The van der Waals surface area contributed by atoms with Gasteiger partial charge in [-0.15, -0.1) is 0 Å². The number of hydrogen-bond acceptors (Lipinski definition) is 6. The quantitative estimate of drug-likeness (QED) is 0.340. The van der Waals surface area contributed by atoms with Gasteiger partial charge in [0.1, 0.15) is 0 Å². The van der Waals surface area contributed by atoms with Crippen molar-refractivity contribution in [3.63, 3.8) is 0 Å². The Kier molecular flexibility index (Phi) is 5.79. The van der Waals surface area contributed by atoms with Gasteiger partial charge in [0.2, 0.25) is 0 Å². The molecular formula is C27H22O6S. The molecule has 4 aromatic carbocycles. The zero-order valence-electron chi connectivity index (χ0n) is 18.3. The molecule has 1 heterocycles. The number of fused-ring (bicyclic) bond motifs is 4. The topological polar surface area (TPSA) is 86.7 Å². The van der Waals surface area contributed by atoms with Gasteiger partial charge in [-0.3, -0.25) is 0 Å². The first kappa shape index (κ1) is 22.1. The van der Waals surface area contributed by atoms with Crippen molar-refractivity contribution in [2.24, 2.45) is 0 Å². The highest BCUT2D eigenvalue weighted by Crippen LogP contribution is 2.27. The number of carbonyl (C=O) groups excluding carboxylic acids is 2. The largest absolute Gasteiger partial charge is 0.462 e. The van der Waals surface area contributed by atoms with E-state index in [1.165, 1.54) is 0 Å². The molecule has 1 aliphatic heterocycles. The predicted octanol–water partition coefficient (Wildman–Crippen LogP) is 4.83. The van der Waals surface area contributed by atoms with Crippen molar-refractivity contribution < 1.29 is 27.5 Å². The molecule has 0 unspecified atom stereocenters. The number of esters is 2.